The smallest absolute Gasteiger partial charge is 0.257 e. The minimum Gasteiger partial charge on any atom is -0.493 e. The highest BCUT2D eigenvalue weighted by molar-refractivity contribution is 5.98. The number of ether oxygens (including phenoxy) is 2. The zero-order valence-electron chi connectivity index (χ0n) is 23.2. The average molecular weight is 537 g/mol. The maximum atomic E-state index is 13.9. The molecular weight excluding hydrogens is 500 g/mol. The molecule has 6 nitrogen and oxygen atoms in total. The molecule has 0 saturated heterocycles. The monoisotopic (exact) mass is 536 g/mol. The molecule has 0 bridgehead atoms. The first-order chi connectivity index (χ1) is 19.6. The summed E-state index contributed by atoms with van der Waals surface area (Å²) in [7, 11) is 0. The van der Waals surface area contributed by atoms with Crippen LogP contribution in [-0.4, -0.2) is 47.9 Å². The van der Waals surface area contributed by atoms with Gasteiger partial charge in [0.1, 0.15) is 11.5 Å². The van der Waals surface area contributed by atoms with E-state index in [2.05, 4.69) is 0 Å². The third-order valence-corrected chi connectivity index (χ3v) is 6.48. The van der Waals surface area contributed by atoms with Crippen LogP contribution in [0.25, 0.3) is 0 Å². The molecule has 4 aromatic carbocycles. The van der Waals surface area contributed by atoms with Gasteiger partial charge in [-0.1, -0.05) is 84.9 Å². The summed E-state index contributed by atoms with van der Waals surface area (Å²) in [5.41, 5.74) is 3.02. The van der Waals surface area contributed by atoms with Crippen molar-refractivity contribution in [2.45, 2.75) is 26.9 Å². The minimum absolute atomic E-state index is 0.144. The van der Waals surface area contributed by atoms with E-state index in [1.807, 2.05) is 111 Å². The number of amides is 2. The minimum atomic E-state index is -0.144. The molecule has 0 heterocycles. The predicted octanol–water partition coefficient (Wildman–Crippen LogP) is 6.47. The van der Waals surface area contributed by atoms with Crippen LogP contribution in [0.3, 0.4) is 0 Å². The zero-order valence-corrected chi connectivity index (χ0v) is 23.2. The second-order valence-corrected chi connectivity index (χ2v) is 9.28. The maximum absolute atomic E-state index is 13.9. The molecule has 0 aliphatic carbocycles. The standard InChI is InChI=1S/C34H36N2O4/c1-3-39-31-21-13-11-19-29(31)33(37)35(25-27-15-7-5-8-16-27)23-24-36(26-28-17-9-6-10-18-28)34(38)30-20-12-14-22-32(30)40-4-2/h5-22H,3-4,23-26H2,1-2H3. The lowest BCUT2D eigenvalue weighted by atomic mass is 10.1. The van der Waals surface area contributed by atoms with E-state index in [0.717, 1.165) is 11.1 Å². The van der Waals surface area contributed by atoms with Gasteiger partial charge in [-0.2, -0.15) is 0 Å². The number of benzene rings is 4. The molecule has 0 aliphatic rings. The lowest BCUT2D eigenvalue weighted by molar-refractivity contribution is 0.0640. The van der Waals surface area contributed by atoms with Gasteiger partial charge in [0.2, 0.25) is 0 Å². The summed E-state index contributed by atoms with van der Waals surface area (Å²) in [4.78, 5) is 31.4. The number of rotatable bonds is 13. The third-order valence-electron chi connectivity index (χ3n) is 6.48. The van der Waals surface area contributed by atoms with E-state index in [4.69, 9.17) is 9.47 Å². The number of para-hydroxylation sites is 2. The number of hydrogen-bond acceptors (Lipinski definition) is 4. The van der Waals surface area contributed by atoms with E-state index in [1.165, 1.54) is 0 Å². The molecule has 0 radical (unpaired) electrons. The lowest BCUT2D eigenvalue weighted by Crippen LogP contribution is -2.40. The number of nitrogens with zero attached hydrogens (tertiary/aromatic N) is 2. The van der Waals surface area contributed by atoms with Gasteiger partial charge in [0.05, 0.1) is 24.3 Å². The van der Waals surface area contributed by atoms with Crippen LogP contribution < -0.4 is 9.47 Å². The highest BCUT2D eigenvalue weighted by Crippen LogP contribution is 2.23. The van der Waals surface area contributed by atoms with E-state index in [9.17, 15) is 9.59 Å². The molecule has 0 spiro atoms. The molecule has 206 valence electrons. The van der Waals surface area contributed by atoms with E-state index in [1.54, 1.807) is 21.9 Å². The highest BCUT2D eigenvalue weighted by atomic mass is 16.5. The molecule has 0 N–H and O–H groups in total. The van der Waals surface area contributed by atoms with E-state index in [-0.39, 0.29) is 11.8 Å². The van der Waals surface area contributed by atoms with Crippen molar-refractivity contribution in [2.75, 3.05) is 26.3 Å². The van der Waals surface area contributed by atoms with Crippen molar-refractivity contribution in [1.29, 1.82) is 0 Å². The Morgan fingerprint density at radius 3 is 1.25 bits per heavy atom. The van der Waals surface area contributed by atoms with Crippen LogP contribution in [0, 0.1) is 0 Å². The Morgan fingerprint density at radius 2 is 0.875 bits per heavy atom. The highest BCUT2D eigenvalue weighted by Gasteiger charge is 2.24. The fourth-order valence-corrected chi connectivity index (χ4v) is 4.54. The summed E-state index contributed by atoms with van der Waals surface area (Å²) in [5, 5.41) is 0. The van der Waals surface area contributed by atoms with Crippen LogP contribution in [-0.2, 0) is 13.1 Å². The van der Waals surface area contributed by atoms with Gasteiger partial charge in [-0.3, -0.25) is 9.59 Å². The first-order valence-corrected chi connectivity index (χ1v) is 13.7. The van der Waals surface area contributed by atoms with Crippen LogP contribution >= 0.6 is 0 Å². The molecule has 0 unspecified atom stereocenters. The predicted molar refractivity (Wildman–Crippen MR) is 158 cm³/mol. The molecule has 0 aromatic heterocycles. The first-order valence-electron chi connectivity index (χ1n) is 13.7. The molecule has 2 amide bonds. The Morgan fingerprint density at radius 1 is 0.525 bits per heavy atom. The second-order valence-electron chi connectivity index (χ2n) is 9.28. The second kappa shape index (κ2) is 14.5. The van der Waals surface area contributed by atoms with Gasteiger partial charge in [0.25, 0.3) is 11.8 Å². The maximum Gasteiger partial charge on any atom is 0.257 e. The quantitative estimate of drug-likeness (QED) is 0.197. The Balaban J connectivity index is 1.64. The van der Waals surface area contributed by atoms with Crippen molar-refractivity contribution >= 4 is 11.8 Å². The van der Waals surface area contributed by atoms with Crippen LogP contribution in [0.1, 0.15) is 45.7 Å². The van der Waals surface area contributed by atoms with Crippen molar-refractivity contribution in [2.24, 2.45) is 0 Å². The number of hydrogen-bond donors (Lipinski definition) is 0. The third kappa shape index (κ3) is 7.50. The van der Waals surface area contributed by atoms with Crippen molar-refractivity contribution < 1.29 is 19.1 Å². The lowest BCUT2D eigenvalue weighted by Gasteiger charge is -2.29. The Kier molecular flexibility index (Phi) is 10.3. The largest absolute Gasteiger partial charge is 0.493 e. The summed E-state index contributed by atoms with van der Waals surface area (Å²) in [6.45, 7) is 6.20. The Bertz CT molecular complexity index is 1270. The molecule has 0 fully saturated rings. The van der Waals surface area contributed by atoms with Crippen LogP contribution in [0.5, 0.6) is 11.5 Å². The van der Waals surface area contributed by atoms with Gasteiger partial charge in [-0.05, 0) is 49.2 Å². The van der Waals surface area contributed by atoms with Gasteiger partial charge in [-0.25, -0.2) is 0 Å². The van der Waals surface area contributed by atoms with E-state index in [0.29, 0.717) is 62.0 Å². The van der Waals surface area contributed by atoms with Gasteiger partial charge < -0.3 is 19.3 Å². The zero-order chi connectivity index (χ0) is 28.2. The topological polar surface area (TPSA) is 59.1 Å². The Labute approximate surface area is 236 Å². The van der Waals surface area contributed by atoms with E-state index >= 15 is 0 Å². The van der Waals surface area contributed by atoms with Gasteiger partial charge in [0, 0.05) is 26.2 Å². The molecule has 0 aliphatic heterocycles. The molecule has 0 atom stereocenters. The molecule has 0 saturated carbocycles. The summed E-state index contributed by atoms with van der Waals surface area (Å²) >= 11 is 0. The van der Waals surface area contributed by atoms with Gasteiger partial charge >= 0.3 is 0 Å². The first kappa shape index (κ1) is 28.4. The van der Waals surface area contributed by atoms with Gasteiger partial charge in [0.15, 0.2) is 0 Å². The SMILES string of the molecule is CCOc1ccccc1C(=O)N(CCN(Cc1ccccc1)C(=O)c1ccccc1OCC)Cc1ccccc1. The van der Waals surface area contributed by atoms with Crippen molar-refractivity contribution in [3.8, 4) is 11.5 Å². The average Bonchev–Trinajstić information content (AvgIpc) is 3.00. The molecule has 6 heteroatoms. The van der Waals surface area contributed by atoms with Crippen molar-refractivity contribution in [3.63, 3.8) is 0 Å². The van der Waals surface area contributed by atoms with Crippen LogP contribution in [0.15, 0.2) is 109 Å². The van der Waals surface area contributed by atoms with Crippen LogP contribution in [0.4, 0.5) is 0 Å². The fourth-order valence-electron chi connectivity index (χ4n) is 4.54. The summed E-state index contributed by atoms with van der Waals surface area (Å²) < 4.78 is 11.5. The summed E-state index contributed by atoms with van der Waals surface area (Å²) in [6, 6.07) is 34.4. The van der Waals surface area contributed by atoms with E-state index < -0.39 is 0 Å². The van der Waals surface area contributed by atoms with Crippen LogP contribution in [0.2, 0.25) is 0 Å². The summed E-state index contributed by atoms with van der Waals surface area (Å²) in [6.07, 6.45) is 0. The normalized spacial score (nSPS) is 10.6. The fraction of sp³-hybridized carbons (Fsp3) is 0.235. The van der Waals surface area contributed by atoms with Crippen molar-refractivity contribution in [3.05, 3.63) is 131 Å². The van der Waals surface area contributed by atoms with Gasteiger partial charge in [-0.15, -0.1) is 0 Å². The molecular formula is C34H36N2O4. The molecule has 4 rings (SSSR count). The molecule has 4 aromatic rings. The summed E-state index contributed by atoms with van der Waals surface area (Å²) in [5.74, 6) is 0.816. The number of carbonyl (C=O) groups is 2. The number of carbonyl (C=O) groups excluding carboxylic acids is 2. The Hall–Kier alpha value is -4.58. The molecule has 40 heavy (non-hydrogen) atoms. The van der Waals surface area contributed by atoms with Crippen molar-refractivity contribution in [1.82, 2.24) is 9.80 Å².